The van der Waals surface area contributed by atoms with Crippen molar-refractivity contribution >= 4 is 16.9 Å². The van der Waals surface area contributed by atoms with E-state index < -0.39 is 16.5 Å². The molecule has 110 valence electrons. The van der Waals surface area contributed by atoms with E-state index in [1.165, 1.54) is 23.9 Å². The summed E-state index contributed by atoms with van der Waals surface area (Å²) in [6, 6.07) is 0. The maximum absolute atomic E-state index is 12.9. The van der Waals surface area contributed by atoms with E-state index in [9.17, 15) is 13.2 Å². The van der Waals surface area contributed by atoms with Crippen molar-refractivity contribution in [2.75, 3.05) is 26.2 Å². The van der Waals surface area contributed by atoms with Gasteiger partial charge >= 0.3 is 6.18 Å². The predicted octanol–water partition coefficient (Wildman–Crippen LogP) is 2.53. The number of piperazine rings is 1. The van der Waals surface area contributed by atoms with E-state index in [0.29, 0.717) is 0 Å². The molecule has 1 N–H and O–H groups in total. The van der Waals surface area contributed by atoms with Gasteiger partial charge < -0.3 is 10.2 Å². The van der Waals surface area contributed by atoms with Gasteiger partial charge in [0.05, 0.1) is 10.4 Å². The van der Waals surface area contributed by atoms with Crippen LogP contribution in [0.25, 0.3) is 0 Å². The average molecular weight is 303 g/mol. The maximum Gasteiger partial charge on any atom is 0.412 e. The molecule has 1 fully saturated rings. The Morgan fingerprint density at radius 3 is 2.65 bits per heavy atom. The molecular formula is C13H16F3N3S. The topological polar surface area (TPSA) is 27.6 Å². The Morgan fingerprint density at radius 1 is 1.30 bits per heavy atom. The van der Waals surface area contributed by atoms with Gasteiger partial charge in [0.1, 0.15) is 0 Å². The highest BCUT2D eigenvalue weighted by atomic mass is 32.2. The smallest absolute Gasteiger partial charge is 0.349 e. The normalized spacial score (nSPS) is 30.6. The summed E-state index contributed by atoms with van der Waals surface area (Å²) in [6.45, 7) is 5.34. The van der Waals surface area contributed by atoms with E-state index in [-0.39, 0.29) is 6.42 Å². The number of amidine groups is 1. The number of nitrogens with zero attached hydrogens (tertiary/aromatic N) is 2. The van der Waals surface area contributed by atoms with Gasteiger partial charge in [0.15, 0.2) is 5.17 Å². The number of alkyl halides is 3. The van der Waals surface area contributed by atoms with Crippen molar-refractivity contribution in [2.24, 2.45) is 4.99 Å². The van der Waals surface area contributed by atoms with E-state index in [2.05, 4.69) is 15.2 Å². The van der Waals surface area contributed by atoms with Crippen molar-refractivity contribution in [3.63, 3.8) is 0 Å². The third-order valence-corrected chi connectivity index (χ3v) is 5.13. The molecule has 20 heavy (non-hydrogen) atoms. The molecule has 0 bridgehead atoms. The highest BCUT2D eigenvalue weighted by Gasteiger charge is 2.46. The van der Waals surface area contributed by atoms with E-state index in [1.807, 2.05) is 6.92 Å². The van der Waals surface area contributed by atoms with Crippen molar-refractivity contribution in [1.29, 1.82) is 0 Å². The standard InChI is InChI=1S/C13H16F3N3S/c1-12-8-9(13(14,15)16)2-3-10(12)18-11(20-12)19-6-4-17-5-7-19/h2-3,17H,4-8H2,1H3. The van der Waals surface area contributed by atoms with Crippen molar-refractivity contribution < 1.29 is 13.2 Å². The molecule has 0 amide bonds. The Kier molecular flexibility index (Phi) is 3.36. The van der Waals surface area contributed by atoms with Crippen molar-refractivity contribution in [2.45, 2.75) is 24.3 Å². The lowest BCUT2D eigenvalue weighted by molar-refractivity contribution is -0.0946. The lowest BCUT2D eigenvalue weighted by atomic mass is 9.91. The Balaban J connectivity index is 1.82. The number of halogens is 3. The Bertz CT molecular complexity index is 503. The zero-order chi connectivity index (χ0) is 14.4. The molecule has 0 aromatic carbocycles. The van der Waals surface area contributed by atoms with Gasteiger partial charge in [-0.1, -0.05) is 17.8 Å². The van der Waals surface area contributed by atoms with Crippen LogP contribution in [-0.2, 0) is 0 Å². The number of nitrogens with one attached hydrogen (secondary N) is 1. The number of aliphatic imine (C=N–C) groups is 1. The minimum Gasteiger partial charge on any atom is -0.349 e. The number of hydrogen-bond donors (Lipinski definition) is 1. The SMILES string of the molecule is CC12CC(C(F)(F)F)=CC=C1N=C(N1CCNCC1)S2. The molecule has 0 aromatic rings. The van der Waals surface area contributed by atoms with Crippen LogP contribution in [0.5, 0.6) is 0 Å². The Hall–Kier alpha value is -0.950. The predicted molar refractivity (Wildman–Crippen MR) is 74.7 cm³/mol. The quantitative estimate of drug-likeness (QED) is 0.745. The molecule has 2 heterocycles. The minimum absolute atomic E-state index is 0.00785. The second kappa shape index (κ2) is 4.80. The van der Waals surface area contributed by atoms with E-state index >= 15 is 0 Å². The number of rotatable bonds is 0. The molecule has 0 saturated carbocycles. The van der Waals surface area contributed by atoms with Gasteiger partial charge in [-0.25, -0.2) is 4.99 Å². The lowest BCUT2D eigenvalue weighted by Gasteiger charge is -2.31. The van der Waals surface area contributed by atoms with Gasteiger partial charge in [0, 0.05) is 31.8 Å². The number of thioether (sulfide) groups is 1. The van der Waals surface area contributed by atoms with Gasteiger partial charge in [-0.2, -0.15) is 13.2 Å². The van der Waals surface area contributed by atoms with Crippen LogP contribution in [0.3, 0.4) is 0 Å². The molecule has 1 unspecified atom stereocenters. The van der Waals surface area contributed by atoms with Gasteiger partial charge in [-0.05, 0) is 19.4 Å². The third kappa shape index (κ3) is 2.48. The molecule has 0 aromatic heterocycles. The first-order valence-corrected chi connectivity index (χ1v) is 7.42. The zero-order valence-corrected chi connectivity index (χ0v) is 11.9. The molecule has 0 radical (unpaired) electrons. The fourth-order valence-electron chi connectivity index (χ4n) is 2.63. The molecule has 1 saturated heterocycles. The lowest BCUT2D eigenvalue weighted by Crippen LogP contribution is -2.45. The molecular weight excluding hydrogens is 287 g/mol. The summed E-state index contributed by atoms with van der Waals surface area (Å²) in [5, 5.41) is 4.12. The van der Waals surface area contributed by atoms with E-state index in [0.717, 1.165) is 37.0 Å². The zero-order valence-electron chi connectivity index (χ0n) is 11.1. The monoisotopic (exact) mass is 303 g/mol. The Morgan fingerprint density at radius 2 is 2.00 bits per heavy atom. The van der Waals surface area contributed by atoms with Crippen LogP contribution in [0.2, 0.25) is 0 Å². The Labute approximate surface area is 120 Å². The summed E-state index contributed by atoms with van der Waals surface area (Å²) < 4.78 is 38.0. The summed E-state index contributed by atoms with van der Waals surface area (Å²) in [6.07, 6.45) is -1.56. The van der Waals surface area contributed by atoms with E-state index in [4.69, 9.17) is 0 Å². The van der Waals surface area contributed by atoms with Crippen LogP contribution in [0.4, 0.5) is 13.2 Å². The van der Waals surface area contributed by atoms with Gasteiger partial charge in [0.25, 0.3) is 0 Å². The summed E-state index contributed by atoms with van der Waals surface area (Å²) in [7, 11) is 0. The molecule has 2 aliphatic heterocycles. The molecule has 3 aliphatic rings. The van der Waals surface area contributed by atoms with Crippen LogP contribution in [0.15, 0.2) is 28.4 Å². The molecule has 7 heteroatoms. The fraction of sp³-hybridized carbons (Fsp3) is 0.615. The second-order valence-corrected chi connectivity index (χ2v) is 6.85. The largest absolute Gasteiger partial charge is 0.412 e. The molecule has 3 rings (SSSR count). The summed E-state index contributed by atoms with van der Waals surface area (Å²) in [5.74, 6) is 0. The minimum atomic E-state index is -4.25. The molecule has 1 aliphatic carbocycles. The summed E-state index contributed by atoms with van der Waals surface area (Å²) in [5.41, 5.74) is 0.289. The molecule has 0 spiro atoms. The summed E-state index contributed by atoms with van der Waals surface area (Å²) in [4.78, 5) is 6.70. The van der Waals surface area contributed by atoms with Crippen LogP contribution in [0, 0.1) is 0 Å². The van der Waals surface area contributed by atoms with Crippen LogP contribution >= 0.6 is 11.8 Å². The number of hydrogen-bond acceptors (Lipinski definition) is 4. The van der Waals surface area contributed by atoms with Crippen molar-refractivity contribution in [1.82, 2.24) is 10.2 Å². The van der Waals surface area contributed by atoms with E-state index in [1.54, 1.807) is 0 Å². The average Bonchev–Trinajstić information content (AvgIpc) is 2.75. The highest BCUT2D eigenvalue weighted by molar-refractivity contribution is 8.15. The first kappa shape index (κ1) is 14.0. The second-order valence-electron chi connectivity index (χ2n) is 5.38. The first-order chi connectivity index (χ1) is 9.38. The number of allylic oxidation sites excluding steroid dienone is 3. The fourth-order valence-corrected chi connectivity index (χ4v) is 3.93. The van der Waals surface area contributed by atoms with Gasteiger partial charge in [-0.15, -0.1) is 0 Å². The van der Waals surface area contributed by atoms with Crippen LogP contribution < -0.4 is 5.32 Å². The molecule has 1 atom stereocenters. The van der Waals surface area contributed by atoms with Gasteiger partial charge in [-0.3, -0.25) is 0 Å². The van der Waals surface area contributed by atoms with Gasteiger partial charge in [0.2, 0.25) is 0 Å². The van der Waals surface area contributed by atoms with Crippen LogP contribution in [0.1, 0.15) is 13.3 Å². The maximum atomic E-state index is 12.9. The number of fused-ring (bicyclic) bond motifs is 1. The van der Waals surface area contributed by atoms with Crippen LogP contribution in [-0.4, -0.2) is 47.2 Å². The third-order valence-electron chi connectivity index (χ3n) is 3.80. The van der Waals surface area contributed by atoms with Crippen molar-refractivity contribution in [3.05, 3.63) is 23.4 Å². The first-order valence-electron chi connectivity index (χ1n) is 6.60. The molecule has 3 nitrogen and oxygen atoms in total. The van der Waals surface area contributed by atoms with Crippen molar-refractivity contribution in [3.8, 4) is 0 Å². The summed E-state index contributed by atoms with van der Waals surface area (Å²) >= 11 is 1.46. The highest BCUT2D eigenvalue weighted by Crippen LogP contribution is 2.50.